The highest BCUT2D eigenvalue weighted by Crippen LogP contribution is 2.44. The fraction of sp³-hybridized carbons (Fsp3) is 0.889. The van der Waals surface area contributed by atoms with Gasteiger partial charge in [0, 0.05) is 11.5 Å². The molecule has 15 heavy (non-hydrogen) atoms. The van der Waals surface area contributed by atoms with Gasteiger partial charge in [-0.25, -0.2) is 4.79 Å². The lowest BCUT2D eigenvalue weighted by Crippen LogP contribution is -2.28. The molecule has 0 aromatic carbocycles. The van der Waals surface area contributed by atoms with Crippen molar-refractivity contribution in [3.8, 4) is 0 Å². The van der Waals surface area contributed by atoms with E-state index < -0.39 is 10.6 Å². The van der Waals surface area contributed by atoms with Crippen LogP contribution in [-0.4, -0.2) is 45.9 Å². The van der Waals surface area contributed by atoms with E-state index in [0.717, 1.165) is 0 Å². The van der Waals surface area contributed by atoms with Crippen molar-refractivity contribution in [2.75, 3.05) is 24.7 Å². The van der Waals surface area contributed by atoms with Crippen LogP contribution in [0.3, 0.4) is 0 Å². The third-order valence-electron chi connectivity index (χ3n) is 2.28. The minimum absolute atomic E-state index is 0.0440. The van der Waals surface area contributed by atoms with Gasteiger partial charge in [0.25, 0.3) is 0 Å². The Morgan fingerprint density at radius 2 is 2.00 bits per heavy atom. The predicted octanol–water partition coefficient (Wildman–Crippen LogP) is 1.48. The average Bonchev–Trinajstić information content (AvgIpc) is 2.17. The lowest BCUT2D eigenvalue weighted by atomic mass is 10.2. The molecule has 1 aliphatic rings. The van der Waals surface area contributed by atoms with Crippen molar-refractivity contribution in [3.63, 3.8) is 0 Å². The predicted molar refractivity (Wildman–Crippen MR) is 58.2 cm³/mol. The fourth-order valence-electron chi connectivity index (χ4n) is 1.44. The summed E-state index contributed by atoms with van der Waals surface area (Å²) in [5.41, 5.74) is 0. The first kappa shape index (κ1) is 12.8. The molecule has 1 rings (SSSR count). The van der Waals surface area contributed by atoms with Crippen molar-refractivity contribution in [1.29, 1.82) is 0 Å². The molecule has 0 spiro atoms. The lowest BCUT2D eigenvalue weighted by molar-refractivity contribution is -0.150. The van der Waals surface area contributed by atoms with E-state index in [1.165, 1.54) is 0 Å². The topological polar surface area (TPSA) is 76.0 Å². The van der Waals surface area contributed by atoms with Gasteiger partial charge in [0.05, 0.1) is 12.7 Å². The Hall–Kier alpha value is -0.300. The smallest absolute Gasteiger partial charge is 0.332 e. The summed E-state index contributed by atoms with van der Waals surface area (Å²) in [6, 6.07) is 0. The van der Waals surface area contributed by atoms with Crippen molar-refractivity contribution in [1.82, 2.24) is 0 Å². The number of rotatable bonds is 4. The van der Waals surface area contributed by atoms with E-state index in [-0.39, 0.29) is 18.7 Å². The standard InChI is InChI=1S/C9H18O5S/c1-2-13-9(10)7-14-8-3-5-15(11,12)6-4-8/h8,11-12H,2-7H2,1H3. The van der Waals surface area contributed by atoms with Gasteiger partial charge in [-0.3, -0.25) is 9.11 Å². The molecule has 0 atom stereocenters. The molecular formula is C9H18O5S. The van der Waals surface area contributed by atoms with Crippen LogP contribution in [0.2, 0.25) is 0 Å². The summed E-state index contributed by atoms with van der Waals surface area (Å²) in [5, 5.41) is 0. The van der Waals surface area contributed by atoms with E-state index in [2.05, 4.69) is 0 Å². The molecule has 2 N–H and O–H groups in total. The molecule has 1 heterocycles. The Labute approximate surface area is 91.1 Å². The summed E-state index contributed by atoms with van der Waals surface area (Å²) in [4.78, 5) is 11.0. The maximum atomic E-state index is 11.0. The number of ether oxygens (including phenoxy) is 2. The highest BCUT2D eigenvalue weighted by molar-refractivity contribution is 8.24. The Morgan fingerprint density at radius 1 is 1.40 bits per heavy atom. The van der Waals surface area contributed by atoms with Crippen LogP contribution in [0.5, 0.6) is 0 Å². The normalized spacial score (nSPS) is 23.4. The molecule has 1 saturated heterocycles. The van der Waals surface area contributed by atoms with Crippen LogP contribution < -0.4 is 0 Å². The Morgan fingerprint density at radius 3 is 2.53 bits per heavy atom. The van der Waals surface area contributed by atoms with Crippen molar-refractivity contribution < 1.29 is 23.4 Å². The van der Waals surface area contributed by atoms with Crippen molar-refractivity contribution in [3.05, 3.63) is 0 Å². The average molecular weight is 238 g/mol. The molecule has 1 aliphatic heterocycles. The minimum Gasteiger partial charge on any atom is -0.464 e. The molecule has 6 heteroatoms. The second-order valence-electron chi connectivity index (χ2n) is 3.53. The van der Waals surface area contributed by atoms with Crippen LogP contribution >= 0.6 is 10.6 Å². The Kier molecular flexibility index (Phi) is 4.85. The van der Waals surface area contributed by atoms with E-state index in [1.807, 2.05) is 0 Å². The van der Waals surface area contributed by atoms with Gasteiger partial charge in [0.1, 0.15) is 6.61 Å². The number of esters is 1. The maximum Gasteiger partial charge on any atom is 0.332 e. The van der Waals surface area contributed by atoms with E-state index in [9.17, 15) is 13.9 Å². The van der Waals surface area contributed by atoms with Gasteiger partial charge in [0.15, 0.2) is 0 Å². The van der Waals surface area contributed by atoms with E-state index >= 15 is 0 Å². The number of hydrogen-bond donors (Lipinski definition) is 2. The fourth-order valence-corrected chi connectivity index (χ4v) is 2.93. The van der Waals surface area contributed by atoms with Crippen LogP contribution in [0.25, 0.3) is 0 Å². The molecular weight excluding hydrogens is 220 g/mol. The SMILES string of the molecule is CCOC(=O)COC1CCS(O)(O)CC1. The molecule has 0 radical (unpaired) electrons. The molecule has 0 unspecified atom stereocenters. The third kappa shape index (κ3) is 4.83. The summed E-state index contributed by atoms with van der Waals surface area (Å²) in [5.74, 6) is 0.385. The number of carbonyl (C=O) groups is 1. The van der Waals surface area contributed by atoms with Crippen molar-refractivity contribution >= 4 is 16.6 Å². The molecule has 0 aromatic heterocycles. The van der Waals surface area contributed by atoms with Crippen LogP contribution in [0.1, 0.15) is 19.8 Å². The lowest BCUT2D eigenvalue weighted by Gasteiger charge is -2.38. The first-order valence-corrected chi connectivity index (χ1v) is 6.93. The van der Waals surface area contributed by atoms with Gasteiger partial charge in [-0.15, -0.1) is 0 Å². The molecule has 90 valence electrons. The zero-order valence-corrected chi connectivity index (χ0v) is 9.66. The summed E-state index contributed by atoms with van der Waals surface area (Å²) in [6.07, 6.45) is 1.15. The van der Waals surface area contributed by atoms with Gasteiger partial charge in [-0.1, -0.05) is 0 Å². The van der Waals surface area contributed by atoms with Crippen LogP contribution in [0.15, 0.2) is 0 Å². The molecule has 0 aliphatic carbocycles. The summed E-state index contributed by atoms with van der Waals surface area (Å²) < 4.78 is 28.7. The van der Waals surface area contributed by atoms with E-state index in [1.54, 1.807) is 6.92 Å². The Balaban J connectivity index is 2.16. The van der Waals surface area contributed by atoms with Gasteiger partial charge in [-0.2, -0.15) is 10.6 Å². The Bertz CT molecular complexity index is 209. The van der Waals surface area contributed by atoms with Gasteiger partial charge >= 0.3 is 5.97 Å². The molecule has 0 bridgehead atoms. The summed E-state index contributed by atoms with van der Waals surface area (Å²) in [6.45, 7) is 2.05. The quantitative estimate of drug-likeness (QED) is 0.725. The summed E-state index contributed by atoms with van der Waals surface area (Å²) >= 11 is 0. The molecule has 1 fully saturated rings. The van der Waals surface area contributed by atoms with Crippen molar-refractivity contribution in [2.45, 2.75) is 25.9 Å². The third-order valence-corrected chi connectivity index (χ3v) is 4.05. The van der Waals surface area contributed by atoms with E-state index in [0.29, 0.717) is 31.0 Å². The van der Waals surface area contributed by atoms with Crippen LogP contribution in [0, 0.1) is 0 Å². The number of hydrogen-bond acceptors (Lipinski definition) is 5. The molecule has 5 nitrogen and oxygen atoms in total. The van der Waals surface area contributed by atoms with Crippen LogP contribution in [0.4, 0.5) is 0 Å². The second kappa shape index (κ2) is 5.69. The molecule has 0 amide bonds. The highest BCUT2D eigenvalue weighted by atomic mass is 32.3. The van der Waals surface area contributed by atoms with Gasteiger partial charge < -0.3 is 9.47 Å². The first-order chi connectivity index (χ1) is 7.03. The van der Waals surface area contributed by atoms with Crippen LogP contribution in [-0.2, 0) is 14.3 Å². The summed E-state index contributed by atoms with van der Waals surface area (Å²) in [7, 11) is -2.36. The van der Waals surface area contributed by atoms with Gasteiger partial charge in [0.2, 0.25) is 0 Å². The maximum absolute atomic E-state index is 11.0. The van der Waals surface area contributed by atoms with Gasteiger partial charge in [-0.05, 0) is 19.8 Å². The second-order valence-corrected chi connectivity index (χ2v) is 5.95. The van der Waals surface area contributed by atoms with E-state index in [4.69, 9.17) is 9.47 Å². The largest absolute Gasteiger partial charge is 0.464 e. The molecule has 0 saturated carbocycles. The zero-order chi connectivity index (χ0) is 11.3. The highest BCUT2D eigenvalue weighted by Gasteiger charge is 2.24. The monoisotopic (exact) mass is 238 g/mol. The zero-order valence-electron chi connectivity index (χ0n) is 8.85. The number of carbonyl (C=O) groups excluding carboxylic acids is 1. The first-order valence-electron chi connectivity index (χ1n) is 5.04. The minimum atomic E-state index is -2.36. The van der Waals surface area contributed by atoms with Crippen molar-refractivity contribution in [2.24, 2.45) is 0 Å². The molecule has 0 aromatic rings.